The van der Waals surface area contributed by atoms with Gasteiger partial charge in [-0.25, -0.2) is 0 Å². The molecule has 2 aromatic carbocycles. The summed E-state index contributed by atoms with van der Waals surface area (Å²) < 4.78 is 1.40. The highest BCUT2D eigenvalue weighted by Gasteiger charge is 2.14. The van der Waals surface area contributed by atoms with E-state index in [1.807, 2.05) is 54.7 Å². The van der Waals surface area contributed by atoms with Crippen LogP contribution in [0.25, 0.3) is 33.1 Å². The number of nitrogens with zero attached hydrogens (tertiary/aromatic N) is 4. The molecule has 0 aliphatic rings. The van der Waals surface area contributed by atoms with Crippen LogP contribution in [0, 0.1) is 10.8 Å². The smallest absolute Gasteiger partial charge is 0.229 e. The molecule has 3 heterocycles. The van der Waals surface area contributed by atoms with E-state index in [4.69, 9.17) is 22.4 Å². The first-order chi connectivity index (χ1) is 15.0. The molecule has 5 rings (SSSR count). The molecule has 0 saturated carbocycles. The van der Waals surface area contributed by atoms with E-state index in [1.165, 1.54) is 4.57 Å². The Bertz CT molecular complexity index is 1520. The summed E-state index contributed by atoms with van der Waals surface area (Å²) in [6.07, 6.45) is 4.81. The van der Waals surface area contributed by atoms with Gasteiger partial charge in [0.15, 0.2) is 0 Å². The van der Waals surface area contributed by atoms with Crippen LogP contribution in [0.2, 0.25) is 5.02 Å². The summed E-state index contributed by atoms with van der Waals surface area (Å²) in [5, 5.41) is 17.3. The van der Waals surface area contributed by atoms with Crippen LogP contribution < -0.4 is 10.5 Å². The van der Waals surface area contributed by atoms with E-state index in [0.717, 1.165) is 39.6 Å². The Morgan fingerprint density at radius 3 is 2.81 bits per heavy atom. The van der Waals surface area contributed by atoms with Crippen LogP contribution >= 0.6 is 11.6 Å². The van der Waals surface area contributed by atoms with E-state index in [1.54, 1.807) is 12.1 Å². The van der Waals surface area contributed by atoms with Crippen LogP contribution in [0.15, 0.2) is 67.0 Å². The van der Waals surface area contributed by atoms with Gasteiger partial charge in [-0.15, -0.1) is 0 Å². The summed E-state index contributed by atoms with van der Waals surface area (Å²) in [5.41, 5.74) is 5.48. The molecule has 0 aliphatic heterocycles. The number of halogens is 1. The molecule has 0 amide bonds. The zero-order valence-electron chi connectivity index (χ0n) is 16.6. The number of aromatic amines is 1. The third-order valence-corrected chi connectivity index (χ3v) is 5.55. The van der Waals surface area contributed by atoms with Gasteiger partial charge in [-0.1, -0.05) is 23.7 Å². The SMILES string of the molecule is CN(c1cccc(-c2cnc3cc[nH]c3c2)c1)c1nc(=N)n(C=N)c2cc(Cl)ccc12. The van der Waals surface area contributed by atoms with Gasteiger partial charge >= 0.3 is 0 Å². The van der Waals surface area contributed by atoms with Crippen molar-refractivity contribution in [3.63, 3.8) is 0 Å². The first-order valence-electron chi connectivity index (χ1n) is 9.59. The highest BCUT2D eigenvalue weighted by atomic mass is 35.5. The minimum Gasteiger partial charge on any atom is -0.360 e. The fourth-order valence-corrected chi connectivity index (χ4v) is 3.88. The standard InChI is InChI=1S/C23H18ClN7/c1-30(22-18-6-5-16(24)11-21(18)31(13-25)23(26)29-22)17-4-2-3-14(9-17)15-10-20-19(28-12-15)7-8-27-20/h2-13,25-27H,1H3. The molecule has 0 unspecified atom stereocenters. The predicted octanol–water partition coefficient (Wildman–Crippen LogP) is 4.94. The van der Waals surface area contributed by atoms with E-state index in [9.17, 15) is 0 Å². The van der Waals surface area contributed by atoms with E-state index in [-0.39, 0.29) is 5.62 Å². The molecule has 0 atom stereocenters. The number of pyridine rings is 1. The fraction of sp³-hybridized carbons (Fsp3) is 0.0435. The molecular formula is C23H18ClN7. The second kappa shape index (κ2) is 7.37. The van der Waals surface area contributed by atoms with Gasteiger partial charge in [0.05, 0.1) is 22.9 Å². The minimum atomic E-state index is -0.0378. The lowest BCUT2D eigenvalue weighted by Crippen LogP contribution is -2.26. The molecular weight excluding hydrogens is 410 g/mol. The third-order valence-electron chi connectivity index (χ3n) is 5.31. The van der Waals surface area contributed by atoms with Crippen LogP contribution in [0.3, 0.4) is 0 Å². The first-order valence-corrected chi connectivity index (χ1v) is 9.97. The van der Waals surface area contributed by atoms with Gasteiger partial charge in [-0.3, -0.25) is 20.4 Å². The summed E-state index contributed by atoms with van der Waals surface area (Å²) in [6, 6.07) is 17.5. The topological polar surface area (TPSA) is 97.4 Å². The van der Waals surface area contributed by atoms with Gasteiger partial charge in [-0.05, 0) is 48.0 Å². The van der Waals surface area contributed by atoms with E-state index in [0.29, 0.717) is 16.4 Å². The van der Waals surface area contributed by atoms with E-state index < -0.39 is 0 Å². The number of aromatic nitrogens is 4. The monoisotopic (exact) mass is 427 g/mol. The van der Waals surface area contributed by atoms with Gasteiger partial charge < -0.3 is 9.88 Å². The number of rotatable bonds is 4. The first kappa shape index (κ1) is 19.0. The maximum Gasteiger partial charge on any atom is 0.229 e. The lowest BCUT2D eigenvalue weighted by molar-refractivity contribution is 0.915. The predicted molar refractivity (Wildman–Crippen MR) is 124 cm³/mol. The minimum absolute atomic E-state index is 0.0378. The number of hydrogen-bond donors (Lipinski definition) is 3. The molecule has 152 valence electrons. The van der Waals surface area contributed by atoms with E-state index in [2.05, 4.69) is 27.1 Å². The molecule has 0 saturated heterocycles. The van der Waals surface area contributed by atoms with Crippen LogP contribution in [0.4, 0.5) is 11.5 Å². The Hall–Kier alpha value is -3.97. The number of H-pyrrole nitrogens is 1. The second-order valence-corrected chi connectivity index (χ2v) is 7.60. The second-order valence-electron chi connectivity index (χ2n) is 7.16. The van der Waals surface area contributed by atoms with Crippen molar-refractivity contribution in [1.82, 2.24) is 19.5 Å². The highest BCUT2D eigenvalue weighted by molar-refractivity contribution is 6.31. The van der Waals surface area contributed by atoms with Crippen molar-refractivity contribution in [2.45, 2.75) is 0 Å². The summed E-state index contributed by atoms with van der Waals surface area (Å²) >= 11 is 6.18. The van der Waals surface area contributed by atoms with Gasteiger partial charge in [0.2, 0.25) is 5.62 Å². The number of fused-ring (bicyclic) bond motifs is 2. The third kappa shape index (κ3) is 3.25. The van der Waals surface area contributed by atoms with Crippen molar-refractivity contribution < 1.29 is 0 Å². The zero-order chi connectivity index (χ0) is 21.5. The molecule has 0 bridgehead atoms. The lowest BCUT2D eigenvalue weighted by atomic mass is 10.1. The number of anilines is 2. The number of nitrogens with one attached hydrogen (secondary N) is 3. The van der Waals surface area contributed by atoms with Gasteiger partial charge in [0, 0.05) is 41.1 Å². The van der Waals surface area contributed by atoms with E-state index >= 15 is 0 Å². The summed E-state index contributed by atoms with van der Waals surface area (Å²) in [5.74, 6) is 0.616. The average molecular weight is 428 g/mol. The summed E-state index contributed by atoms with van der Waals surface area (Å²) in [6.45, 7) is 0. The molecule has 0 aliphatic carbocycles. The normalized spacial score (nSPS) is 11.2. The maximum atomic E-state index is 8.28. The quantitative estimate of drug-likeness (QED) is 0.280. The van der Waals surface area contributed by atoms with Crippen molar-refractivity contribution in [1.29, 1.82) is 10.8 Å². The van der Waals surface area contributed by atoms with Crippen molar-refractivity contribution in [2.75, 3.05) is 11.9 Å². The van der Waals surface area contributed by atoms with Crippen molar-refractivity contribution in [2.24, 2.45) is 0 Å². The van der Waals surface area contributed by atoms with Crippen LogP contribution in [0.1, 0.15) is 0 Å². The highest BCUT2D eigenvalue weighted by Crippen LogP contribution is 2.32. The number of benzene rings is 2. The van der Waals surface area contributed by atoms with Gasteiger partial charge in [0.25, 0.3) is 0 Å². The molecule has 0 spiro atoms. The van der Waals surface area contributed by atoms with Gasteiger partial charge in [0.1, 0.15) is 5.82 Å². The van der Waals surface area contributed by atoms with Gasteiger partial charge in [-0.2, -0.15) is 4.98 Å². The van der Waals surface area contributed by atoms with Crippen molar-refractivity contribution >= 4 is 51.4 Å². The van der Waals surface area contributed by atoms with Crippen LogP contribution in [-0.2, 0) is 0 Å². The zero-order valence-corrected chi connectivity index (χ0v) is 17.4. The molecule has 0 fully saturated rings. The van der Waals surface area contributed by atoms with Crippen molar-refractivity contribution in [3.05, 3.63) is 77.6 Å². The maximum absolute atomic E-state index is 8.28. The lowest BCUT2D eigenvalue weighted by Gasteiger charge is -2.22. The summed E-state index contributed by atoms with van der Waals surface area (Å²) in [4.78, 5) is 14.1. The molecule has 5 aromatic rings. The number of hydrogen-bond acceptors (Lipinski definition) is 5. The molecule has 0 radical (unpaired) electrons. The van der Waals surface area contributed by atoms with Crippen LogP contribution in [-0.4, -0.2) is 32.9 Å². The Morgan fingerprint density at radius 2 is 1.97 bits per heavy atom. The molecule has 8 heteroatoms. The Morgan fingerprint density at radius 1 is 1.10 bits per heavy atom. The van der Waals surface area contributed by atoms with Crippen molar-refractivity contribution in [3.8, 4) is 11.1 Å². The molecule has 3 aromatic heterocycles. The largest absolute Gasteiger partial charge is 0.360 e. The molecule has 3 N–H and O–H groups in total. The Kier molecular flexibility index (Phi) is 4.52. The molecule has 7 nitrogen and oxygen atoms in total. The Balaban J connectivity index is 1.63. The molecule has 31 heavy (non-hydrogen) atoms. The fourth-order valence-electron chi connectivity index (χ4n) is 3.72. The summed E-state index contributed by atoms with van der Waals surface area (Å²) in [7, 11) is 1.91. The Labute approximate surface area is 182 Å². The average Bonchev–Trinajstić information content (AvgIpc) is 3.26. The van der Waals surface area contributed by atoms with Crippen LogP contribution in [0.5, 0.6) is 0 Å².